The summed E-state index contributed by atoms with van der Waals surface area (Å²) >= 11 is 3.44. The lowest BCUT2D eigenvalue weighted by Crippen LogP contribution is -2.25. The van der Waals surface area contributed by atoms with Crippen molar-refractivity contribution in [1.82, 2.24) is 15.3 Å². The van der Waals surface area contributed by atoms with Gasteiger partial charge in [-0.2, -0.15) is 0 Å². The largest absolute Gasteiger partial charge is 0.312 e. The number of halogens is 1. The maximum Gasteiger partial charge on any atom is 0.126 e. The lowest BCUT2D eigenvalue weighted by molar-refractivity contribution is 0.619. The van der Waals surface area contributed by atoms with Crippen molar-refractivity contribution in [2.45, 2.75) is 19.9 Å². The lowest BCUT2D eigenvalue weighted by atomic mass is 10.1. The third-order valence-corrected chi connectivity index (χ3v) is 2.65. The van der Waals surface area contributed by atoms with Gasteiger partial charge in [0.05, 0.1) is 5.69 Å². The molecule has 0 aliphatic carbocycles. The molecule has 0 atom stereocenters. The Morgan fingerprint density at radius 1 is 1.42 bits per heavy atom. The summed E-state index contributed by atoms with van der Waals surface area (Å²) in [4.78, 5) is 8.65. The van der Waals surface area contributed by atoms with Crippen LogP contribution in [0.5, 0.6) is 0 Å². The molecule has 0 fully saturated rings. The minimum absolute atomic E-state index is 0.850. The monoisotopic (exact) mass is 227 g/mol. The molecule has 0 amide bonds. The van der Waals surface area contributed by atoms with Gasteiger partial charge in [-0.3, -0.25) is 0 Å². The zero-order valence-corrected chi connectivity index (χ0v) is 8.48. The number of aromatic nitrogens is 2. The standard InChI is InChI=1S/C8H10BrN3/c1-5-11-7-2-3-10-4-6(7)8(9)12-5/h10H,2-4H2,1H3. The van der Waals surface area contributed by atoms with Crippen molar-refractivity contribution in [1.29, 1.82) is 0 Å². The minimum Gasteiger partial charge on any atom is -0.312 e. The second-order valence-corrected chi connectivity index (χ2v) is 3.66. The molecule has 0 bridgehead atoms. The molecule has 1 aliphatic rings. The molecule has 3 nitrogen and oxygen atoms in total. The van der Waals surface area contributed by atoms with Gasteiger partial charge in [-0.25, -0.2) is 9.97 Å². The molecule has 0 saturated heterocycles. The predicted molar refractivity (Wildman–Crippen MR) is 49.9 cm³/mol. The molecule has 1 aliphatic heterocycles. The smallest absolute Gasteiger partial charge is 0.126 e. The highest BCUT2D eigenvalue weighted by molar-refractivity contribution is 9.10. The summed E-state index contributed by atoms with van der Waals surface area (Å²) in [5.41, 5.74) is 2.40. The van der Waals surface area contributed by atoms with E-state index in [1.54, 1.807) is 0 Å². The van der Waals surface area contributed by atoms with E-state index in [1.807, 2.05) is 6.92 Å². The highest BCUT2D eigenvalue weighted by atomic mass is 79.9. The Labute approximate surface area is 79.7 Å². The van der Waals surface area contributed by atoms with E-state index in [9.17, 15) is 0 Å². The number of rotatable bonds is 0. The summed E-state index contributed by atoms with van der Waals surface area (Å²) in [5.74, 6) is 0.850. The normalized spacial score (nSPS) is 15.8. The van der Waals surface area contributed by atoms with Crippen LogP contribution in [0, 0.1) is 6.92 Å². The van der Waals surface area contributed by atoms with E-state index in [4.69, 9.17) is 0 Å². The Balaban J connectivity index is 2.53. The quantitative estimate of drug-likeness (QED) is 0.678. The summed E-state index contributed by atoms with van der Waals surface area (Å²) in [6.45, 7) is 3.83. The molecule has 12 heavy (non-hydrogen) atoms. The third-order valence-electron chi connectivity index (χ3n) is 1.99. The van der Waals surface area contributed by atoms with Gasteiger partial charge in [0.2, 0.25) is 0 Å². The first-order valence-electron chi connectivity index (χ1n) is 4.00. The van der Waals surface area contributed by atoms with E-state index in [0.717, 1.165) is 29.9 Å². The predicted octanol–water partition coefficient (Wildman–Crippen LogP) is 1.19. The number of nitrogens with zero attached hydrogens (tertiary/aromatic N) is 2. The molecule has 2 heterocycles. The van der Waals surface area contributed by atoms with Crippen LogP contribution in [0.1, 0.15) is 17.1 Å². The topological polar surface area (TPSA) is 37.8 Å². The molecule has 1 aromatic rings. The van der Waals surface area contributed by atoms with Gasteiger partial charge in [0.25, 0.3) is 0 Å². The first kappa shape index (κ1) is 8.13. The van der Waals surface area contributed by atoms with Crippen LogP contribution in [0.15, 0.2) is 4.60 Å². The molecule has 2 rings (SSSR count). The van der Waals surface area contributed by atoms with Crippen LogP contribution in [-0.4, -0.2) is 16.5 Å². The molecular formula is C8H10BrN3. The molecule has 1 aromatic heterocycles. The Bertz CT molecular complexity index is 311. The summed E-state index contributed by atoms with van der Waals surface area (Å²) in [6.07, 6.45) is 1.01. The Morgan fingerprint density at radius 3 is 3.08 bits per heavy atom. The SMILES string of the molecule is Cc1nc(Br)c2c(n1)CCNC2. The zero-order chi connectivity index (χ0) is 8.55. The van der Waals surface area contributed by atoms with Gasteiger partial charge in [0, 0.05) is 25.1 Å². The molecule has 64 valence electrons. The number of nitrogens with one attached hydrogen (secondary N) is 1. The van der Waals surface area contributed by atoms with E-state index in [1.165, 1.54) is 11.3 Å². The summed E-state index contributed by atoms with van der Waals surface area (Å²) in [6, 6.07) is 0. The molecule has 0 unspecified atom stereocenters. The molecule has 0 radical (unpaired) electrons. The van der Waals surface area contributed by atoms with Crippen molar-refractivity contribution in [2.24, 2.45) is 0 Å². The van der Waals surface area contributed by atoms with E-state index in [2.05, 4.69) is 31.2 Å². The van der Waals surface area contributed by atoms with Gasteiger partial charge in [0.15, 0.2) is 0 Å². The van der Waals surface area contributed by atoms with Crippen LogP contribution in [0.25, 0.3) is 0 Å². The van der Waals surface area contributed by atoms with Gasteiger partial charge in [-0.1, -0.05) is 0 Å². The van der Waals surface area contributed by atoms with Crippen molar-refractivity contribution in [2.75, 3.05) is 6.54 Å². The number of aryl methyl sites for hydroxylation is 1. The third kappa shape index (κ3) is 1.36. The lowest BCUT2D eigenvalue weighted by Gasteiger charge is -2.16. The van der Waals surface area contributed by atoms with Gasteiger partial charge < -0.3 is 5.32 Å². The average Bonchev–Trinajstić information content (AvgIpc) is 2.04. The second kappa shape index (κ2) is 3.11. The minimum atomic E-state index is 0.850. The zero-order valence-electron chi connectivity index (χ0n) is 6.89. The molecular weight excluding hydrogens is 218 g/mol. The first-order valence-corrected chi connectivity index (χ1v) is 4.79. The molecule has 0 saturated carbocycles. The summed E-state index contributed by atoms with van der Waals surface area (Å²) in [7, 11) is 0. The Morgan fingerprint density at radius 2 is 2.25 bits per heavy atom. The van der Waals surface area contributed by atoms with Crippen molar-refractivity contribution in [3.8, 4) is 0 Å². The van der Waals surface area contributed by atoms with Gasteiger partial charge in [0.1, 0.15) is 10.4 Å². The van der Waals surface area contributed by atoms with Gasteiger partial charge >= 0.3 is 0 Å². The molecule has 0 aromatic carbocycles. The first-order chi connectivity index (χ1) is 5.77. The summed E-state index contributed by atoms with van der Waals surface area (Å²) < 4.78 is 0.942. The fraction of sp³-hybridized carbons (Fsp3) is 0.500. The fourth-order valence-electron chi connectivity index (χ4n) is 1.42. The molecule has 1 N–H and O–H groups in total. The van der Waals surface area contributed by atoms with E-state index in [0.29, 0.717) is 0 Å². The van der Waals surface area contributed by atoms with Crippen LogP contribution in [0.2, 0.25) is 0 Å². The number of hydrogen-bond acceptors (Lipinski definition) is 3. The molecule has 0 spiro atoms. The summed E-state index contributed by atoms with van der Waals surface area (Å²) in [5, 5.41) is 3.29. The maximum atomic E-state index is 4.39. The fourth-order valence-corrected chi connectivity index (χ4v) is 2.04. The van der Waals surface area contributed by atoms with Crippen molar-refractivity contribution in [3.63, 3.8) is 0 Å². The molecule has 4 heteroatoms. The Kier molecular flexibility index (Phi) is 2.11. The van der Waals surface area contributed by atoms with E-state index in [-0.39, 0.29) is 0 Å². The highest BCUT2D eigenvalue weighted by Gasteiger charge is 2.14. The van der Waals surface area contributed by atoms with Crippen LogP contribution in [-0.2, 0) is 13.0 Å². The van der Waals surface area contributed by atoms with Gasteiger partial charge in [-0.05, 0) is 22.9 Å². The Hall–Kier alpha value is -0.480. The van der Waals surface area contributed by atoms with Crippen molar-refractivity contribution < 1.29 is 0 Å². The van der Waals surface area contributed by atoms with Crippen molar-refractivity contribution in [3.05, 3.63) is 21.7 Å². The van der Waals surface area contributed by atoms with Crippen LogP contribution < -0.4 is 5.32 Å². The van der Waals surface area contributed by atoms with Crippen LogP contribution in [0.4, 0.5) is 0 Å². The number of fused-ring (bicyclic) bond motifs is 1. The van der Waals surface area contributed by atoms with Gasteiger partial charge in [-0.15, -0.1) is 0 Å². The highest BCUT2D eigenvalue weighted by Crippen LogP contribution is 2.19. The van der Waals surface area contributed by atoms with E-state index >= 15 is 0 Å². The number of hydrogen-bond donors (Lipinski definition) is 1. The average molecular weight is 228 g/mol. The van der Waals surface area contributed by atoms with Crippen LogP contribution in [0.3, 0.4) is 0 Å². The second-order valence-electron chi connectivity index (χ2n) is 2.91. The van der Waals surface area contributed by atoms with E-state index < -0.39 is 0 Å². The van der Waals surface area contributed by atoms with Crippen LogP contribution >= 0.6 is 15.9 Å². The van der Waals surface area contributed by atoms with Crippen molar-refractivity contribution >= 4 is 15.9 Å². The maximum absolute atomic E-state index is 4.39.